The van der Waals surface area contributed by atoms with E-state index in [2.05, 4.69) is 27.7 Å². The zero-order valence-electron chi connectivity index (χ0n) is 28.5. The molecule has 0 aromatic heterocycles. The number of rotatable bonds is 13. The first-order valence-corrected chi connectivity index (χ1v) is 15.6. The quantitative estimate of drug-likeness (QED) is 0.219. The highest BCUT2D eigenvalue weighted by atomic mass is 16.7. The van der Waals surface area contributed by atoms with Gasteiger partial charge in [0.1, 0.15) is 12.2 Å². The highest BCUT2D eigenvalue weighted by Gasteiger charge is 2.51. The van der Waals surface area contributed by atoms with Crippen LogP contribution in [0.25, 0.3) is 0 Å². The fraction of sp³-hybridized carbons (Fsp3) is 0.938. The molecule has 2 unspecified atom stereocenters. The van der Waals surface area contributed by atoms with Gasteiger partial charge < -0.3 is 19.7 Å². The van der Waals surface area contributed by atoms with E-state index in [0.717, 1.165) is 12.8 Å². The van der Waals surface area contributed by atoms with Crippen molar-refractivity contribution in [3.63, 3.8) is 0 Å². The molecule has 2 fully saturated rings. The van der Waals surface area contributed by atoms with Crippen molar-refractivity contribution in [2.45, 2.75) is 180 Å². The van der Waals surface area contributed by atoms with Crippen LogP contribution in [0.1, 0.15) is 134 Å². The second-order valence-corrected chi connectivity index (χ2v) is 15.9. The van der Waals surface area contributed by atoms with Crippen LogP contribution in [0.3, 0.4) is 0 Å². The monoisotopic (exact) mass is 600 g/mol. The van der Waals surface area contributed by atoms with Crippen LogP contribution in [0.4, 0.5) is 0 Å². The zero-order chi connectivity index (χ0) is 32.4. The van der Waals surface area contributed by atoms with E-state index < -0.39 is 22.3 Å². The molecule has 0 spiro atoms. The predicted molar refractivity (Wildman–Crippen MR) is 161 cm³/mol. The average Bonchev–Trinajstić information content (AvgIpc) is 2.78. The minimum Gasteiger partial charge on any atom is -0.460 e. The van der Waals surface area contributed by atoms with Gasteiger partial charge in [-0.2, -0.15) is 10.1 Å². The Morgan fingerprint density at radius 1 is 0.667 bits per heavy atom. The average molecular weight is 601 g/mol. The SMILES string of the molecule is CC(C)(O)CON1C(C)(C)CCC(OC(=O)CCCCC(=O)OC2CCC(C)(C)N(OCC(C)(C)O)C2(C)C)C1(C)C. The summed E-state index contributed by atoms with van der Waals surface area (Å²) in [5.74, 6) is -0.586. The van der Waals surface area contributed by atoms with E-state index in [0.29, 0.717) is 25.7 Å². The van der Waals surface area contributed by atoms with Gasteiger partial charge in [0.15, 0.2) is 0 Å². The summed E-state index contributed by atoms with van der Waals surface area (Å²) >= 11 is 0. The smallest absolute Gasteiger partial charge is 0.306 e. The fourth-order valence-corrected chi connectivity index (χ4v) is 6.21. The van der Waals surface area contributed by atoms with Crippen LogP contribution in [0.5, 0.6) is 0 Å². The zero-order valence-corrected chi connectivity index (χ0v) is 28.5. The summed E-state index contributed by atoms with van der Waals surface area (Å²) < 4.78 is 11.8. The molecule has 2 rings (SSSR count). The molecule has 0 amide bonds. The Hall–Kier alpha value is -1.30. The van der Waals surface area contributed by atoms with E-state index in [1.165, 1.54) is 0 Å². The fourth-order valence-electron chi connectivity index (χ4n) is 6.21. The first-order chi connectivity index (χ1) is 18.9. The first-order valence-electron chi connectivity index (χ1n) is 15.6. The predicted octanol–water partition coefficient (Wildman–Crippen LogP) is 5.08. The largest absolute Gasteiger partial charge is 0.460 e. The van der Waals surface area contributed by atoms with E-state index in [4.69, 9.17) is 19.1 Å². The standard InChI is InChI=1S/C32H60N2O8/c1-27(2)19-17-23(31(9,10)33(27)39-21-29(5,6)37)41-25(35)15-13-14-16-26(36)42-24-18-20-28(3,4)34(32(24,11)12)40-22-30(7,8)38/h23-24,37-38H,13-22H2,1-12H3. The van der Waals surface area contributed by atoms with E-state index in [-0.39, 0.29) is 61.3 Å². The lowest BCUT2D eigenvalue weighted by Crippen LogP contribution is -2.65. The number of carbonyl (C=O) groups is 2. The molecule has 0 aromatic carbocycles. The number of carbonyl (C=O) groups excluding carboxylic acids is 2. The van der Waals surface area contributed by atoms with Crippen molar-refractivity contribution in [3.05, 3.63) is 0 Å². The van der Waals surface area contributed by atoms with Crippen molar-refractivity contribution in [1.29, 1.82) is 0 Å². The van der Waals surface area contributed by atoms with E-state index in [1.54, 1.807) is 27.7 Å². The number of esters is 2. The van der Waals surface area contributed by atoms with Crippen LogP contribution in [0, 0.1) is 0 Å². The van der Waals surface area contributed by atoms with Crippen molar-refractivity contribution in [2.24, 2.45) is 0 Å². The highest BCUT2D eigenvalue weighted by Crippen LogP contribution is 2.42. The number of hydrogen-bond donors (Lipinski definition) is 2. The van der Waals surface area contributed by atoms with E-state index in [9.17, 15) is 19.8 Å². The Morgan fingerprint density at radius 2 is 0.976 bits per heavy atom. The van der Waals surface area contributed by atoms with Crippen molar-refractivity contribution in [2.75, 3.05) is 13.2 Å². The van der Waals surface area contributed by atoms with Gasteiger partial charge in [0.2, 0.25) is 0 Å². The molecule has 246 valence electrons. The lowest BCUT2D eigenvalue weighted by atomic mass is 9.79. The van der Waals surface area contributed by atoms with Gasteiger partial charge in [0.25, 0.3) is 0 Å². The lowest BCUT2D eigenvalue weighted by molar-refractivity contribution is -0.316. The lowest BCUT2D eigenvalue weighted by Gasteiger charge is -2.54. The van der Waals surface area contributed by atoms with Crippen LogP contribution in [-0.2, 0) is 28.7 Å². The molecular formula is C32H60N2O8. The number of nitrogens with zero attached hydrogens (tertiary/aromatic N) is 2. The molecule has 2 saturated heterocycles. The summed E-state index contributed by atoms with van der Waals surface area (Å²) in [4.78, 5) is 37.7. The third-order valence-electron chi connectivity index (χ3n) is 8.41. The molecule has 2 N–H and O–H groups in total. The van der Waals surface area contributed by atoms with Crippen LogP contribution in [-0.4, -0.2) is 91.1 Å². The van der Waals surface area contributed by atoms with E-state index in [1.807, 2.05) is 37.8 Å². The van der Waals surface area contributed by atoms with Gasteiger partial charge in [-0.05, 0) is 122 Å². The maximum atomic E-state index is 12.8. The highest BCUT2D eigenvalue weighted by molar-refractivity contribution is 5.71. The second kappa shape index (κ2) is 13.4. The number of ether oxygens (including phenoxy) is 2. The van der Waals surface area contributed by atoms with Crippen LogP contribution in [0.2, 0.25) is 0 Å². The molecule has 2 aliphatic rings. The molecule has 42 heavy (non-hydrogen) atoms. The molecule has 0 aromatic rings. The molecule has 2 heterocycles. The van der Waals surface area contributed by atoms with Gasteiger partial charge in [0, 0.05) is 23.9 Å². The summed E-state index contributed by atoms with van der Waals surface area (Å²) in [6, 6.07) is 0. The normalized spacial score (nSPS) is 26.0. The summed E-state index contributed by atoms with van der Waals surface area (Å²) in [5, 5.41) is 24.1. The van der Waals surface area contributed by atoms with Crippen molar-refractivity contribution in [1.82, 2.24) is 10.1 Å². The van der Waals surface area contributed by atoms with Crippen LogP contribution < -0.4 is 0 Å². The molecule has 0 bridgehead atoms. The first kappa shape index (κ1) is 36.9. The Balaban J connectivity index is 1.85. The molecular weight excluding hydrogens is 540 g/mol. The molecule has 0 aliphatic carbocycles. The van der Waals surface area contributed by atoms with Crippen LogP contribution in [0.15, 0.2) is 0 Å². The number of hydrogen-bond acceptors (Lipinski definition) is 10. The molecule has 10 heteroatoms. The summed E-state index contributed by atoms with van der Waals surface area (Å²) in [6.07, 6.45) is 3.75. The minimum atomic E-state index is -0.982. The van der Waals surface area contributed by atoms with Gasteiger partial charge in [-0.1, -0.05) is 0 Å². The summed E-state index contributed by atoms with van der Waals surface area (Å²) in [6.45, 7) is 23.4. The van der Waals surface area contributed by atoms with Gasteiger partial charge in [0.05, 0.1) is 35.5 Å². The Morgan fingerprint density at radius 3 is 1.26 bits per heavy atom. The third kappa shape index (κ3) is 10.1. The topological polar surface area (TPSA) is 118 Å². The van der Waals surface area contributed by atoms with Crippen molar-refractivity contribution in [3.8, 4) is 0 Å². The second-order valence-electron chi connectivity index (χ2n) is 15.9. The van der Waals surface area contributed by atoms with Crippen molar-refractivity contribution >= 4 is 11.9 Å². The number of hydroxylamine groups is 4. The maximum absolute atomic E-state index is 12.8. The van der Waals surface area contributed by atoms with Crippen molar-refractivity contribution < 1.29 is 39.0 Å². The Labute approximate surface area is 254 Å². The Bertz CT molecular complexity index is 842. The maximum Gasteiger partial charge on any atom is 0.306 e. The molecule has 2 aliphatic heterocycles. The summed E-state index contributed by atoms with van der Waals surface area (Å²) in [7, 11) is 0. The van der Waals surface area contributed by atoms with E-state index >= 15 is 0 Å². The van der Waals surface area contributed by atoms with Gasteiger partial charge in [-0.3, -0.25) is 19.3 Å². The number of unbranched alkanes of at least 4 members (excludes halogenated alkanes) is 1. The Kier molecular flexibility index (Phi) is 11.7. The third-order valence-corrected chi connectivity index (χ3v) is 8.41. The molecule has 0 radical (unpaired) electrons. The van der Waals surface area contributed by atoms with Crippen LogP contribution >= 0.6 is 0 Å². The number of aliphatic hydroxyl groups is 2. The summed E-state index contributed by atoms with van der Waals surface area (Å²) in [5.41, 5.74) is -3.69. The molecule has 2 atom stereocenters. The minimum absolute atomic E-state index is 0.137. The molecule has 10 nitrogen and oxygen atoms in total. The van der Waals surface area contributed by atoms with Gasteiger partial charge in [-0.25, -0.2) is 0 Å². The number of piperidine rings is 2. The molecule has 0 saturated carbocycles. The van der Waals surface area contributed by atoms with Gasteiger partial charge in [-0.15, -0.1) is 0 Å². The van der Waals surface area contributed by atoms with Gasteiger partial charge >= 0.3 is 11.9 Å².